The molecule has 94 valence electrons. The summed E-state index contributed by atoms with van der Waals surface area (Å²) in [6, 6.07) is 1.52. The zero-order valence-corrected chi connectivity index (χ0v) is 10.5. The van der Waals surface area contributed by atoms with Crippen LogP contribution in [0.1, 0.15) is 39.0 Å². The van der Waals surface area contributed by atoms with E-state index in [1.807, 2.05) is 0 Å². The number of aliphatic hydroxyl groups excluding tert-OH is 1. The van der Waals surface area contributed by atoms with E-state index in [0.717, 1.165) is 18.4 Å². The molecule has 0 aromatic heterocycles. The zero-order chi connectivity index (χ0) is 11.4. The highest BCUT2D eigenvalue weighted by Gasteiger charge is 2.30. The Kier molecular flexibility index (Phi) is 4.62. The number of nitrogens with one attached hydrogen (secondary N) is 1. The van der Waals surface area contributed by atoms with E-state index in [1.165, 1.54) is 45.3 Å². The van der Waals surface area contributed by atoms with Gasteiger partial charge in [-0.15, -0.1) is 0 Å². The molecule has 2 rings (SSSR count). The van der Waals surface area contributed by atoms with E-state index in [-0.39, 0.29) is 0 Å². The molecule has 1 saturated carbocycles. The molecule has 0 spiro atoms. The summed E-state index contributed by atoms with van der Waals surface area (Å²) in [6.45, 7) is 6.23. The maximum absolute atomic E-state index is 8.91. The molecule has 2 aliphatic rings. The van der Waals surface area contributed by atoms with Crippen LogP contribution in [0.3, 0.4) is 0 Å². The summed E-state index contributed by atoms with van der Waals surface area (Å²) in [6.07, 6.45) is 6.23. The van der Waals surface area contributed by atoms with Crippen molar-refractivity contribution < 1.29 is 5.11 Å². The highest BCUT2D eigenvalue weighted by molar-refractivity contribution is 4.90. The quantitative estimate of drug-likeness (QED) is 0.715. The lowest BCUT2D eigenvalue weighted by Crippen LogP contribution is -2.49. The van der Waals surface area contributed by atoms with Crippen molar-refractivity contribution >= 4 is 0 Å². The molecule has 2 unspecified atom stereocenters. The minimum absolute atomic E-state index is 0.351. The van der Waals surface area contributed by atoms with Gasteiger partial charge in [0.25, 0.3) is 0 Å². The van der Waals surface area contributed by atoms with Gasteiger partial charge in [0.05, 0.1) is 0 Å². The summed E-state index contributed by atoms with van der Waals surface area (Å²) < 4.78 is 0. The van der Waals surface area contributed by atoms with Gasteiger partial charge in [-0.2, -0.15) is 0 Å². The van der Waals surface area contributed by atoms with Gasteiger partial charge in [-0.1, -0.05) is 6.92 Å². The number of likely N-dealkylation sites (N-methyl/N-ethyl adjacent to an activating group) is 1. The Morgan fingerprint density at radius 3 is 2.69 bits per heavy atom. The van der Waals surface area contributed by atoms with Crippen LogP contribution in [-0.2, 0) is 0 Å². The van der Waals surface area contributed by atoms with E-state index in [0.29, 0.717) is 12.6 Å². The number of nitrogens with zero attached hydrogens (tertiary/aromatic N) is 1. The van der Waals surface area contributed by atoms with Crippen molar-refractivity contribution in [2.24, 2.45) is 5.92 Å². The third-order valence-corrected chi connectivity index (χ3v) is 3.88. The van der Waals surface area contributed by atoms with Gasteiger partial charge in [0, 0.05) is 31.8 Å². The Morgan fingerprint density at radius 2 is 2.06 bits per heavy atom. The molecule has 0 amide bonds. The number of aliphatic hydroxyl groups is 1. The molecule has 0 aromatic rings. The molecule has 1 saturated heterocycles. The van der Waals surface area contributed by atoms with Crippen LogP contribution in [0.5, 0.6) is 0 Å². The molecule has 1 heterocycles. The SMILES string of the molecule is CCN1CC(CCCO)CC(NC2CC2)C1. The smallest absolute Gasteiger partial charge is 0.0431 e. The van der Waals surface area contributed by atoms with Gasteiger partial charge in [0.2, 0.25) is 0 Å². The molecule has 2 atom stereocenters. The first-order chi connectivity index (χ1) is 7.81. The lowest BCUT2D eigenvalue weighted by molar-refractivity contribution is 0.134. The first-order valence-corrected chi connectivity index (χ1v) is 6.91. The predicted octanol–water partition coefficient (Wildman–Crippen LogP) is 1.22. The van der Waals surface area contributed by atoms with Gasteiger partial charge in [-0.05, 0) is 44.6 Å². The second-order valence-corrected chi connectivity index (χ2v) is 5.46. The number of likely N-dealkylation sites (tertiary alicyclic amines) is 1. The van der Waals surface area contributed by atoms with Crippen molar-refractivity contribution in [3.8, 4) is 0 Å². The Balaban J connectivity index is 1.78. The van der Waals surface area contributed by atoms with Gasteiger partial charge in [0.1, 0.15) is 0 Å². The summed E-state index contributed by atoms with van der Waals surface area (Å²) in [5.74, 6) is 0.789. The van der Waals surface area contributed by atoms with Crippen LogP contribution >= 0.6 is 0 Å². The summed E-state index contributed by atoms with van der Waals surface area (Å²) in [7, 11) is 0. The van der Waals surface area contributed by atoms with Gasteiger partial charge >= 0.3 is 0 Å². The molecule has 0 bridgehead atoms. The zero-order valence-electron chi connectivity index (χ0n) is 10.5. The molecule has 3 heteroatoms. The first kappa shape index (κ1) is 12.3. The van der Waals surface area contributed by atoms with Crippen molar-refractivity contribution in [2.45, 2.75) is 51.1 Å². The Bertz CT molecular complexity index is 206. The van der Waals surface area contributed by atoms with Crippen LogP contribution in [-0.4, -0.2) is 48.3 Å². The molecule has 1 aliphatic heterocycles. The average molecular weight is 226 g/mol. The van der Waals surface area contributed by atoms with Crippen molar-refractivity contribution in [3.05, 3.63) is 0 Å². The third kappa shape index (κ3) is 3.72. The van der Waals surface area contributed by atoms with E-state index in [9.17, 15) is 0 Å². The second kappa shape index (κ2) is 5.99. The first-order valence-electron chi connectivity index (χ1n) is 6.91. The highest BCUT2D eigenvalue weighted by Crippen LogP contribution is 2.25. The molecule has 2 fully saturated rings. The molecule has 0 aromatic carbocycles. The molecule has 0 radical (unpaired) electrons. The van der Waals surface area contributed by atoms with Crippen LogP contribution in [0.2, 0.25) is 0 Å². The summed E-state index contributed by atoms with van der Waals surface area (Å²) >= 11 is 0. The van der Waals surface area contributed by atoms with Crippen LogP contribution in [0.15, 0.2) is 0 Å². The fraction of sp³-hybridized carbons (Fsp3) is 1.00. The van der Waals surface area contributed by atoms with Crippen LogP contribution < -0.4 is 5.32 Å². The molecule has 3 nitrogen and oxygen atoms in total. The Morgan fingerprint density at radius 1 is 1.25 bits per heavy atom. The summed E-state index contributed by atoms with van der Waals surface area (Å²) in [4.78, 5) is 2.56. The number of rotatable bonds is 6. The van der Waals surface area contributed by atoms with Gasteiger partial charge < -0.3 is 15.3 Å². The number of hydrogen-bond donors (Lipinski definition) is 2. The van der Waals surface area contributed by atoms with E-state index in [2.05, 4.69) is 17.1 Å². The standard InChI is InChI=1S/C13H26N2O/c1-2-15-9-11(4-3-7-16)8-13(10-15)14-12-5-6-12/h11-14,16H,2-10H2,1H3. The Labute approximate surface area is 99.2 Å². The average Bonchev–Trinajstić information content (AvgIpc) is 3.10. The van der Waals surface area contributed by atoms with Crippen LogP contribution in [0.25, 0.3) is 0 Å². The van der Waals surface area contributed by atoms with Crippen LogP contribution in [0.4, 0.5) is 0 Å². The minimum atomic E-state index is 0.351. The van der Waals surface area contributed by atoms with E-state index < -0.39 is 0 Å². The number of piperidine rings is 1. The molecule has 1 aliphatic carbocycles. The number of hydrogen-bond acceptors (Lipinski definition) is 3. The van der Waals surface area contributed by atoms with Crippen molar-refractivity contribution in [2.75, 3.05) is 26.2 Å². The Hall–Kier alpha value is -0.120. The molecular formula is C13H26N2O. The largest absolute Gasteiger partial charge is 0.396 e. The predicted molar refractivity (Wildman–Crippen MR) is 66.5 cm³/mol. The molecule has 16 heavy (non-hydrogen) atoms. The van der Waals surface area contributed by atoms with E-state index in [4.69, 9.17) is 5.11 Å². The normalized spacial score (nSPS) is 31.9. The van der Waals surface area contributed by atoms with Crippen molar-refractivity contribution in [3.63, 3.8) is 0 Å². The monoisotopic (exact) mass is 226 g/mol. The molecule has 2 N–H and O–H groups in total. The maximum Gasteiger partial charge on any atom is 0.0431 e. The van der Waals surface area contributed by atoms with E-state index >= 15 is 0 Å². The topological polar surface area (TPSA) is 35.5 Å². The van der Waals surface area contributed by atoms with Crippen molar-refractivity contribution in [1.29, 1.82) is 0 Å². The maximum atomic E-state index is 8.91. The van der Waals surface area contributed by atoms with Gasteiger partial charge in [0.15, 0.2) is 0 Å². The third-order valence-electron chi connectivity index (χ3n) is 3.88. The summed E-state index contributed by atoms with van der Waals surface area (Å²) in [5, 5.41) is 12.7. The highest BCUT2D eigenvalue weighted by atomic mass is 16.2. The molecular weight excluding hydrogens is 200 g/mol. The van der Waals surface area contributed by atoms with Gasteiger partial charge in [-0.3, -0.25) is 0 Å². The lowest BCUT2D eigenvalue weighted by Gasteiger charge is -2.38. The lowest BCUT2D eigenvalue weighted by atomic mass is 9.90. The fourth-order valence-corrected chi connectivity index (χ4v) is 2.85. The van der Waals surface area contributed by atoms with Crippen LogP contribution in [0, 0.1) is 5.92 Å². The van der Waals surface area contributed by atoms with E-state index in [1.54, 1.807) is 0 Å². The fourth-order valence-electron chi connectivity index (χ4n) is 2.85. The van der Waals surface area contributed by atoms with Gasteiger partial charge in [-0.25, -0.2) is 0 Å². The minimum Gasteiger partial charge on any atom is -0.396 e. The van der Waals surface area contributed by atoms with Crippen molar-refractivity contribution in [1.82, 2.24) is 10.2 Å². The second-order valence-electron chi connectivity index (χ2n) is 5.46. The summed E-state index contributed by atoms with van der Waals surface area (Å²) in [5.41, 5.74) is 0.